The summed E-state index contributed by atoms with van der Waals surface area (Å²) in [5.74, 6) is 0. The Hall–Kier alpha value is 0.650. The monoisotopic (exact) mass is 267 g/mol. The maximum Gasteiger partial charge on any atom is 0.116 e. The summed E-state index contributed by atoms with van der Waals surface area (Å²) >= 11 is 2.17. The highest BCUT2D eigenvalue weighted by Crippen LogP contribution is 2.55. The lowest BCUT2D eigenvalue weighted by molar-refractivity contribution is -0.0582. The fourth-order valence-corrected chi connectivity index (χ4v) is 4.05. The number of alkyl halides is 1. The Morgan fingerprint density at radius 3 is 2.55 bits per heavy atom. The molecule has 2 fully saturated rings. The summed E-state index contributed by atoms with van der Waals surface area (Å²) in [6.07, 6.45) is 4.58. The third kappa shape index (κ3) is 1.55. The SMILES string of the molecule is OC1(I)CC2(CCCNC2)C1. The molecule has 3 heteroatoms. The van der Waals surface area contributed by atoms with Gasteiger partial charge in [-0.2, -0.15) is 0 Å². The summed E-state index contributed by atoms with van der Waals surface area (Å²) in [4.78, 5) is 0. The van der Waals surface area contributed by atoms with Crippen LogP contribution >= 0.6 is 22.6 Å². The predicted octanol–water partition coefficient (Wildman–Crippen LogP) is 1.27. The van der Waals surface area contributed by atoms with Crippen LogP contribution in [-0.2, 0) is 0 Å². The van der Waals surface area contributed by atoms with E-state index in [-0.39, 0.29) is 3.61 Å². The third-order valence-electron chi connectivity index (χ3n) is 2.85. The van der Waals surface area contributed by atoms with Crippen LogP contribution in [0.15, 0.2) is 0 Å². The van der Waals surface area contributed by atoms with Crippen molar-refractivity contribution in [1.82, 2.24) is 5.32 Å². The molecule has 1 saturated carbocycles. The highest BCUT2D eigenvalue weighted by Gasteiger charge is 2.52. The van der Waals surface area contributed by atoms with Crippen molar-refractivity contribution in [2.24, 2.45) is 5.41 Å². The van der Waals surface area contributed by atoms with Gasteiger partial charge in [0.1, 0.15) is 3.61 Å². The summed E-state index contributed by atoms with van der Waals surface area (Å²) in [6, 6.07) is 0. The average Bonchev–Trinajstić information content (AvgIpc) is 1.85. The van der Waals surface area contributed by atoms with Crippen LogP contribution in [0, 0.1) is 5.41 Å². The van der Waals surface area contributed by atoms with E-state index in [9.17, 15) is 5.11 Å². The second kappa shape index (κ2) is 2.57. The van der Waals surface area contributed by atoms with Crippen molar-refractivity contribution < 1.29 is 5.11 Å². The zero-order chi connectivity index (χ0) is 7.95. The molecule has 0 atom stereocenters. The normalized spacial score (nSPS) is 50.7. The van der Waals surface area contributed by atoms with Gasteiger partial charge in [-0.05, 0) is 60.2 Å². The van der Waals surface area contributed by atoms with Gasteiger partial charge in [0, 0.05) is 6.54 Å². The fourth-order valence-electron chi connectivity index (χ4n) is 2.43. The molecular weight excluding hydrogens is 253 g/mol. The molecule has 11 heavy (non-hydrogen) atoms. The van der Waals surface area contributed by atoms with Crippen LogP contribution in [0.2, 0.25) is 0 Å². The smallest absolute Gasteiger partial charge is 0.116 e. The van der Waals surface area contributed by atoms with Gasteiger partial charge < -0.3 is 10.4 Å². The van der Waals surface area contributed by atoms with Crippen LogP contribution in [0.3, 0.4) is 0 Å². The number of rotatable bonds is 0. The van der Waals surface area contributed by atoms with E-state index in [2.05, 4.69) is 27.9 Å². The zero-order valence-electron chi connectivity index (χ0n) is 6.57. The van der Waals surface area contributed by atoms with Gasteiger partial charge in [0.2, 0.25) is 0 Å². The van der Waals surface area contributed by atoms with E-state index < -0.39 is 0 Å². The number of aliphatic hydroxyl groups is 1. The molecule has 1 aliphatic heterocycles. The number of hydrogen-bond donors (Lipinski definition) is 2. The molecule has 2 nitrogen and oxygen atoms in total. The predicted molar refractivity (Wildman–Crippen MR) is 52.7 cm³/mol. The molecule has 2 aliphatic rings. The maximum absolute atomic E-state index is 9.59. The van der Waals surface area contributed by atoms with Crippen LogP contribution < -0.4 is 5.32 Å². The summed E-state index contributed by atoms with van der Waals surface area (Å²) in [7, 11) is 0. The first-order valence-corrected chi connectivity index (χ1v) is 5.32. The lowest BCUT2D eigenvalue weighted by Crippen LogP contribution is -2.55. The minimum absolute atomic E-state index is 0.378. The molecule has 0 aromatic rings. The number of hydrogen-bond acceptors (Lipinski definition) is 2. The van der Waals surface area contributed by atoms with Gasteiger partial charge in [-0.3, -0.25) is 0 Å². The Balaban J connectivity index is 1.94. The van der Waals surface area contributed by atoms with Gasteiger partial charge in [-0.15, -0.1) is 0 Å². The molecule has 1 heterocycles. The van der Waals surface area contributed by atoms with E-state index in [0.29, 0.717) is 5.41 Å². The summed E-state index contributed by atoms with van der Waals surface area (Å²) in [5.41, 5.74) is 0.466. The van der Waals surface area contributed by atoms with Crippen LogP contribution in [0.5, 0.6) is 0 Å². The van der Waals surface area contributed by atoms with Crippen molar-refractivity contribution in [3.05, 3.63) is 0 Å². The number of piperidine rings is 1. The molecule has 0 amide bonds. The molecule has 1 saturated heterocycles. The fraction of sp³-hybridized carbons (Fsp3) is 1.00. The Kier molecular flexibility index (Phi) is 1.93. The molecule has 2 N–H and O–H groups in total. The first kappa shape index (κ1) is 8.26. The lowest BCUT2D eigenvalue weighted by atomic mass is 9.63. The molecule has 0 unspecified atom stereocenters. The number of halogens is 1. The van der Waals surface area contributed by atoms with E-state index in [1.54, 1.807) is 0 Å². The lowest BCUT2D eigenvalue weighted by Gasteiger charge is -2.52. The number of nitrogens with one attached hydrogen (secondary N) is 1. The first-order chi connectivity index (χ1) is 5.12. The summed E-state index contributed by atoms with van der Waals surface area (Å²) in [6.45, 7) is 2.29. The highest BCUT2D eigenvalue weighted by atomic mass is 127. The first-order valence-electron chi connectivity index (χ1n) is 4.24. The molecule has 64 valence electrons. The molecule has 1 spiro atoms. The average molecular weight is 267 g/mol. The molecule has 1 aliphatic carbocycles. The van der Waals surface area contributed by atoms with E-state index in [1.165, 1.54) is 19.4 Å². The molecule has 0 radical (unpaired) electrons. The van der Waals surface area contributed by atoms with Crippen molar-refractivity contribution in [3.8, 4) is 0 Å². The van der Waals surface area contributed by atoms with E-state index in [0.717, 1.165) is 19.4 Å². The largest absolute Gasteiger partial charge is 0.380 e. The molecule has 2 rings (SSSR count). The standard InChI is InChI=1S/C8H14INO/c9-8(11)4-7(5-8)2-1-3-10-6-7/h10-11H,1-6H2. The molecule has 0 aromatic carbocycles. The van der Waals surface area contributed by atoms with Crippen LogP contribution in [0.25, 0.3) is 0 Å². The van der Waals surface area contributed by atoms with Gasteiger partial charge >= 0.3 is 0 Å². The second-order valence-electron chi connectivity index (χ2n) is 4.05. The third-order valence-corrected chi connectivity index (χ3v) is 3.62. The Morgan fingerprint density at radius 2 is 2.09 bits per heavy atom. The summed E-state index contributed by atoms with van der Waals surface area (Å²) < 4.78 is -0.378. The van der Waals surface area contributed by atoms with Gasteiger partial charge in [0.15, 0.2) is 0 Å². The molecule has 0 aromatic heterocycles. The van der Waals surface area contributed by atoms with E-state index in [1.807, 2.05) is 0 Å². The van der Waals surface area contributed by atoms with E-state index >= 15 is 0 Å². The molecule has 0 bridgehead atoms. The minimum atomic E-state index is -0.378. The maximum atomic E-state index is 9.59. The van der Waals surface area contributed by atoms with Crippen LogP contribution in [0.4, 0.5) is 0 Å². The van der Waals surface area contributed by atoms with Crippen molar-refractivity contribution in [2.75, 3.05) is 13.1 Å². The van der Waals surface area contributed by atoms with E-state index in [4.69, 9.17) is 0 Å². The van der Waals surface area contributed by atoms with Gasteiger partial charge in [0.05, 0.1) is 0 Å². The van der Waals surface area contributed by atoms with Crippen LogP contribution in [-0.4, -0.2) is 21.8 Å². The molecular formula is C8H14INO. The van der Waals surface area contributed by atoms with Crippen LogP contribution in [0.1, 0.15) is 25.7 Å². The Labute approximate surface area is 80.9 Å². The van der Waals surface area contributed by atoms with Gasteiger partial charge in [-0.1, -0.05) is 0 Å². The quantitative estimate of drug-likeness (QED) is 0.512. The second-order valence-corrected chi connectivity index (χ2v) is 6.06. The van der Waals surface area contributed by atoms with Crippen molar-refractivity contribution >= 4 is 22.6 Å². The zero-order valence-corrected chi connectivity index (χ0v) is 8.73. The van der Waals surface area contributed by atoms with Crippen molar-refractivity contribution in [2.45, 2.75) is 29.3 Å². The van der Waals surface area contributed by atoms with Crippen molar-refractivity contribution in [1.29, 1.82) is 0 Å². The minimum Gasteiger partial charge on any atom is -0.380 e. The van der Waals surface area contributed by atoms with Gasteiger partial charge in [0.25, 0.3) is 0 Å². The highest BCUT2D eigenvalue weighted by molar-refractivity contribution is 14.1. The topological polar surface area (TPSA) is 32.3 Å². The Morgan fingerprint density at radius 1 is 1.36 bits per heavy atom. The van der Waals surface area contributed by atoms with Crippen molar-refractivity contribution in [3.63, 3.8) is 0 Å². The Bertz CT molecular complexity index is 153. The summed E-state index contributed by atoms with van der Waals surface area (Å²) in [5, 5.41) is 13.0. The van der Waals surface area contributed by atoms with Gasteiger partial charge in [-0.25, -0.2) is 0 Å².